The molecule has 4 amide bonds. The van der Waals surface area contributed by atoms with Gasteiger partial charge in [-0.1, -0.05) is 30.3 Å². The predicted molar refractivity (Wildman–Crippen MR) is 86.9 cm³/mol. The summed E-state index contributed by atoms with van der Waals surface area (Å²) in [6.07, 6.45) is 2.00. The Morgan fingerprint density at radius 3 is 2.29 bits per heavy atom. The molecule has 0 N–H and O–H groups in total. The van der Waals surface area contributed by atoms with Crippen LogP contribution in [0.5, 0.6) is 0 Å². The monoisotopic (exact) mass is 327 g/mol. The van der Waals surface area contributed by atoms with E-state index >= 15 is 0 Å². The first kappa shape index (κ1) is 15.2. The first-order valence-corrected chi connectivity index (χ1v) is 8.62. The van der Waals surface area contributed by atoms with Crippen LogP contribution in [0.15, 0.2) is 30.3 Å². The molecule has 3 aliphatic heterocycles. The minimum absolute atomic E-state index is 0.0727. The van der Waals surface area contributed by atoms with Crippen LogP contribution in [0.2, 0.25) is 0 Å². The number of nitrogens with zero attached hydrogens (tertiary/aromatic N) is 3. The molecule has 0 saturated carbocycles. The molecular formula is C18H21N3O3. The smallest absolute Gasteiger partial charge is 0.328 e. The average molecular weight is 327 g/mol. The number of imide groups is 1. The van der Waals surface area contributed by atoms with Gasteiger partial charge in [0.25, 0.3) is 5.91 Å². The third-order valence-corrected chi connectivity index (χ3v) is 5.48. The normalized spacial score (nSPS) is 29.8. The van der Waals surface area contributed by atoms with Crippen LogP contribution in [0.3, 0.4) is 0 Å². The third-order valence-electron chi connectivity index (χ3n) is 5.48. The summed E-state index contributed by atoms with van der Waals surface area (Å²) in [7, 11) is 0. The van der Waals surface area contributed by atoms with Crippen LogP contribution in [0.4, 0.5) is 4.79 Å². The number of carbonyl (C=O) groups excluding carboxylic acids is 3. The molecule has 1 aromatic carbocycles. The maximum Gasteiger partial charge on any atom is 0.328 e. The molecule has 6 nitrogen and oxygen atoms in total. The number of rotatable bonds is 3. The molecule has 3 atom stereocenters. The molecular weight excluding hydrogens is 306 g/mol. The number of hydrogen-bond donors (Lipinski definition) is 0. The second-order valence-electron chi connectivity index (χ2n) is 6.64. The van der Waals surface area contributed by atoms with Gasteiger partial charge < -0.3 is 9.80 Å². The summed E-state index contributed by atoms with van der Waals surface area (Å²) < 4.78 is 0. The number of hydrogen-bond acceptors (Lipinski definition) is 3. The Labute approximate surface area is 141 Å². The van der Waals surface area contributed by atoms with E-state index in [0.29, 0.717) is 25.9 Å². The summed E-state index contributed by atoms with van der Waals surface area (Å²) in [6, 6.07) is 8.42. The topological polar surface area (TPSA) is 60.9 Å². The summed E-state index contributed by atoms with van der Waals surface area (Å²) in [5.41, 5.74) is 1.05. The summed E-state index contributed by atoms with van der Waals surface area (Å²) in [5, 5.41) is 0. The van der Waals surface area contributed by atoms with Crippen molar-refractivity contribution in [2.24, 2.45) is 0 Å². The van der Waals surface area contributed by atoms with E-state index in [0.717, 1.165) is 12.0 Å². The quantitative estimate of drug-likeness (QED) is 0.795. The van der Waals surface area contributed by atoms with Crippen LogP contribution < -0.4 is 0 Å². The molecule has 3 heterocycles. The lowest BCUT2D eigenvalue weighted by Gasteiger charge is -2.25. The number of likely N-dealkylation sites (tertiary alicyclic amines) is 1. The lowest BCUT2D eigenvalue weighted by Crippen LogP contribution is -2.46. The van der Waals surface area contributed by atoms with E-state index in [2.05, 4.69) is 0 Å². The fourth-order valence-electron chi connectivity index (χ4n) is 4.26. The Morgan fingerprint density at radius 1 is 0.917 bits per heavy atom. The number of carbonyl (C=O) groups is 3. The molecule has 3 saturated heterocycles. The summed E-state index contributed by atoms with van der Waals surface area (Å²) in [5.74, 6) is -0.300. The maximum atomic E-state index is 13.0. The zero-order chi connectivity index (χ0) is 16.8. The third kappa shape index (κ3) is 2.05. The lowest BCUT2D eigenvalue weighted by molar-refractivity contribution is -0.138. The SMILES string of the molecule is CCN1CCC(N2C(=O)[C@@H]3CC[C@@H](c4ccccc4)N3C2=O)C1=O. The highest BCUT2D eigenvalue weighted by atomic mass is 16.2. The van der Waals surface area contributed by atoms with E-state index in [1.807, 2.05) is 37.3 Å². The lowest BCUT2D eigenvalue weighted by atomic mass is 10.0. The molecule has 3 aliphatic rings. The van der Waals surface area contributed by atoms with Gasteiger partial charge in [0.05, 0.1) is 6.04 Å². The highest BCUT2D eigenvalue weighted by Crippen LogP contribution is 2.42. The van der Waals surface area contributed by atoms with Crippen molar-refractivity contribution in [2.75, 3.05) is 13.1 Å². The van der Waals surface area contributed by atoms with Crippen LogP contribution in [-0.2, 0) is 9.59 Å². The van der Waals surface area contributed by atoms with E-state index in [1.54, 1.807) is 9.80 Å². The van der Waals surface area contributed by atoms with Gasteiger partial charge in [-0.3, -0.25) is 9.59 Å². The van der Waals surface area contributed by atoms with Gasteiger partial charge in [-0.2, -0.15) is 0 Å². The highest BCUT2D eigenvalue weighted by molar-refractivity contribution is 6.08. The molecule has 1 aromatic rings. The molecule has 24 heavy (non-hydrogen) atoms. The zero-order valence-electron chi connectivity index (χ0n) is 13.7. The fourth-order valence-corrected chi connectivity index (χ4v) is 4.26. The summed E-state index contributed by atoms with van der Waals surface area (Å²) in [6.45, 7) is 3.15. The Morgan fingerprint density at radius 2 is 1.62 bits per heavy atom. The Kier molecular flexibility index (Phi) is 3.55. The van der Waals surface area contributed by atoms with E-state index in [1.165, 1.54) is 4.90 Å². The van der Waals surface area contributed by atoms with Crippen molar-refractivity contribution < 1.29 is 14.4 Å². The van der Waals surface area contributed by atoms with E-state index in [4.69, 9.17) is 0 Å². The van der Waals surface area contributed by atoms with Crippen molar-refractivity contribution in [1.29, 1.82) is 0 Å². The number of likely N-dealkylation sites (N-methyl/N-ethyl adjacent to an activating group) is 1. The van der Waals surface area contributed by atoms with Gasteiger partial charge in [-0.05, 0) is 31.7 Å². The second kappa shape index (κ2) is 5.61. The zero-order valence-corrected chi connectivity index (χ0v) is 13.7. The van der Waals surface area contributed by atoms with E-state index < -0.39 is 12.1 Å². The van der Waals surface area contributed by atoms with Crippen molar-refractivity contribution in [2.45, 2.75) is 44.3 Å². The predicted octanol–water partition coefficient (Wildman–Crippen LogP) is 1.78. The van der Waals surface area contributed by atoms with E-state index in [9.17, 15) is 14.4 Å². The van der Waals surface area contributed by atoms with Crippen molar-refractivity contribution in [3.63, 3.8) is 0 Å². The molecule has 3 fully saturated rings. The van der Waals surface area contributed by atoms with Crippen molar-refractivity contribution in [1.82, 2.24) is 14.7 Å². The van der Waals surface area contributed by atoms with Gasteiger partial charge in [0.1, 0.15) is 12.1 Å². The minimum Gasteiger partial charge on any atom is -0.341 e. The van der Waals surface area contributed by atoms with Gasteiger partial charge in [0.2, 0.25) is 5.91 Å². The Balaban J connectivity index is 1.62. The van der Waals surface area contributed by atoms with Crippen LogP contribution in [0, 0.1) is 0 Å². The fraction of sp³-hybridized carbons (Fsp3) is 0.500. The van der Waals surface area contributed by atoms with Crippen molar-refractivity contribution in [3.8, 4) is 0 Å². The molecule has 0 aliphatic carbocycles. The maximum absolute atomic E-state index is 13.0. The molecule has 4 rings (SSSR count). The number of benzene rings is 1. The van der Waals surface area contributed by atoms with Crippen molar-refractivity contribution in [3.05, 3.63) is 35.9 Å². The summed E-state index contributed by atoms with van der Waals surface area (Å²) >= 11 is 0. The molecule has 0 bridgehead atoms. The van der Waals surface area contributed by atoms with Gasteiger partial charge in [0, 0.05) is 13.1 Å². The summed E-state index contributed by atoms with van der Waals surface area (Å²) in [4.78, 5) is 42.9. The van der Waals surface area contributed by atoms with Crippen LogP contribution >= 0.6 is 0 Å². The molecule has 126 valence electrons. The molecule has 0 spiro atoms. The minimum atomic E-state index is -0.619. The number of urea groups is 1. The van der Waals surface area contributed by atoms with Crippen LogP contribution in [0.1, 0.15) is 37.8 Å². The van der Waals surface area contributed by atoms with Gasteiger partial charge >= 0.3 is 6.03 Å². The Hall–Kier alpha value is -2.37. The average Bonchev–Trinajstić information content (AvgIpc) is 3.25. The van der Waals surface area contributed by atoms with Crippen LogP contribution in [-0.4, -0.2) is 57.7 Å². The van der Waals surface area contributed by atoms with Crippen molar-refractivity contribution >= 4 is 17.8 Å². The molecule has 6 heteroatoms. The first-order valence-electron chi connectivity index (χ1n) is 8.62. The van der Waals surface area contributed by atoms with Gasteiger partial charge in [-0.25, -0.2) is 9.69 Å². The van der Waals surface area contributed by atoms with Gasteiger partial charge in [-0.15, -0.1) is 0 Å². The van der Waals surface area contributed by atoms with Gasteiger partial charge in [0.15, 0.2) is 0 Å². The first-order chi connectivity index (χ1) is 11.6. The van der Waals surface area contributed by atoms with Crippen LogP contribution in [0.25, 0.3) is 0 Å². The molecule has 0 aromatic heterocycles. The highest BCUT2D eigenvalue weighted by Gasteiger charge is 2.56. The largest absolute Gasteiger partial charge is 0.341 e. The van der Waals surface area contributed by atoms with E-state index in [-0.39, 0.29) is 23.9 Å². The molecule has 1 unspecified atom stereocenters. The standard InChI is InChI=1S/C18H21N3O3/c1-2-19-11-10-15(16(19)22)21-17(23)14-9-8-13(20(14)18(21)24)12-6-4-3-5-7-12/h3-7,13-15H,2,8-11H2,1H3/t13-,14-,15?/m0/s1. The number of fused-ring (bicyclic) bond motifs is 1. The Bertz CT molecular complexity index is 690. The molecule has 0 radical (unpaired) electrons. The second-order valence-corrected chi connectivity index (χ2v) is 6.64. The number of amides is 4.